The molecule has 2 aliphatic heterocycles. The average Bonchev–Trinajstić information content (AvgIpc) is 3.59. The van der Waals surface area contributed by atoms with Gasteiger partial charge in [0, 0.05) is 44.3 Å². The molecule has 2 aromatic rings. The number of halogens is 1. The quantitative estimate of drug-likeness (QED) is 0.517. The number of rotatable bonds is 9. The van der Waals surface area contributed by atoms with Gasteiger partial charge in [-0.25, -0.2) is 0 Å². The van der Waals surface area contributed by atoms with Crippen molar-refractivity contribution in [3.63, 3.8) is 0 Å². The molecule has 0 radical (unpaired) electrons. The highest BCUT2D eigenvalue weighted by molar-refractivity contribution is 6.30. The summed E-state index contributed by atoms with van der Waals surface area (Å²) in [6, 6.07) is 19.0. The number of nitrogens with zero attached hydrogens (tertiary/aromatic N) is 2. The van der Waals surface area contributed by atoms with Gasteiger partial charge in [0.15, 0.2) is 0 Å². The van der Waals surface area contributed by atoms with Crippen LogP contribution in [0.3, 0.4) is 0 Å². The van der Waals surface area contributed by atoms with E-state index in [1.165, 1.54) is 43.6 Å². The summed E-state index contributed by atoms with van der Waals surface area (Å²) >= 11 is 6.07. The van der Waals surface area contributed by atoms with Crippen molar-refractivity contribution in [2.24, 2.45) is 17.8 Å². The molecule has 3 aliphatic rings. The molecule has 0 bridgehead atoms. The van der Waals surface area contributed by atoms with Crippen LogP contribution in [0.4, 0.5) is 0 Å². The maximum absolute atomic E-state index is 11.2. The normalized spacial score (nSPS) is 26.0. The first-order chi connectivity index (χ1) is 16.1. The van der Waals surface area contributed by atoms with Crippen LogP contribution in [0, 0.1) is 17.8 Å². The maximum Gasteiger partial charge on any atom is 0.0672 e. The van der Waals surface area contributed by atoms with Gasteiger partial charge in [0.2, 0.25) is 0 Å². The van der Waals surface area contributed by atoms with Crippen LogP contribution in [0.2, 0.25) is 5.02 Å². The lowest BCUT2D eigenvalue weighted by molar-refractivity contribution is -0.0324. The molecule has 4 heteroatoms. The van der Waals surface area contributed by atoms with E-state index in [1.54, 1.807) is 0 Å². The van der Waals surface area contributed by atoms with E-state index < -0.39 is 5.60 Å². The summed E-state index contributed by atoms with van der Waals surface area (Å²) in [5, 5.41) is 12.0. The molecule has 2 saturated heterocycles. The lowest BCUT2D eigenvalue weighted by atomic mass is 9.85. The summed E-state index contributed by atoms with van der Waals surface area (Å²) < 4.78 is 0. The molecule has 178 valence electrons. The van der Waals surface area contributed by atoms with Gasteiger partial charge in [0.1, 0.15) is 0 Å². The predicted molar refractivity (Wildman–Crippen MR) is 136 cm³/mol. The molecule has 1 aliphatic carbocycles. The minimum absolute atomic E-state index is 0.461. The Morgan fingerprint density at radius 2 is 1.61 bits per heavy atom. The highest BCUT2D eigenvalue weighted by Gasteiger charge is 2.43. The van der Waals surface area contributed by atoms with Crippen molar-refractivity contribution >= 4 is 11.6 Å². The van der Waals surface area contributed by atoms with Gasteiger partial charge in [-0.1, -0.05) is 54.1 Å². The predicted octanol–water partition coefficient (Wildman–Crippen LogP) is 5.65. The first-order valence-electron chi connectivity index (χ1n) is 13.0. The fraction of sp³-hybridized carbons (Fsp3) is 0.586. The summed E-state index contributed by atoms with van der Waals surface area (Å²) in [5.41, 5.74) is 2.29. The fourth-order valence-corrected chi connectivity index (χ4v) is 6.34. The molecule has 2 unspecified atom stereocenters. The zero-order valence-corrected chi connectivity index (χ0v) is 20.6. The van der Waals surface area contributed by atoms with E-state index in [9.17, 15) is 5.11 Å². The number of piperidine rings is 1. The number of benzene rings is 2. The molecule has 2 heterocycles. The first kappa shape index (κ1) is 23.4. The van der Waals surface area contributed by atoms with E-state index in [1.807, 2.05) is 12.1 Å². The lowest BCUT2D eigenvalue weighted by Gasteiger charge is -2.40. The van der Waals surface area contributed by atoms with E-state index in [-0.39, 0.29) is 0 Å². The molecule has 1 N–H and O–H groups in total. The van der Waals surface area contributed by atoms with Crippen LogP contribution in [-0.4, -0.2) is 53.2 Å². The van der Waals surface area contributed by atoms with Gasteiger partial charge in [-0.3, -0.25) is 4.90 Å². The highest BCUT2D eigenvalue weighted by Crippen LogP contribution is 2.44. The second kappa shape index (κ2) is 10.5. The highest BCUT2D eigenvalue weighted by atomic mass is 35.5. The smallest absolute Gasteiger partial charge is 0.0672 e. The van der Waals surface area contributed by atoms with Crippen molar-refractivity contribution in [2.45, 2.75) is 57.1 Å². The summed E-state index contributed by atoms with van der Waals surface area (Å²) in [7, 11) is 0. The molecule has 2 aromatic carbocycles. The zero-order chi connectivity index (χ0) is 22.7. The molecule has 0 aromatic heterocycles. The van der Waals surface area contributed by atoms with Gasteiger partial charge in [-0.2, -0.15) is 0 Å². The van der Waals surface area contributed by atoms with Gasteiger partial charge in [0.05, 0.1) is 5.60 Å². The van der Waals surface area contributed by atoms with E-state index >= 15 is 0 Å². The molecule has 1 saturated carbocycles. The molecule has 0 amide bonds. The van der Waals surface area contributed by atoms with Crippen LogP contribution in [-0.2, 0) is 13.0 Å². The summed E-state index contributed by atoms with van der Waals surface area (Å²) in [4.78, 5) is 5.32. The van der Waals surface area contributed by atoms with Crippen LogP contribution < -0.4 is 0 Å². The molecule has 2 atom stereocenters. The minimum atomic E-state index is -0.461. The monoisotopic (exact) mass is 466 g/mol. The van der Waals surface area contributed by atoms with Crippen LogP contribution in [0.5, 0.6) is 0 Å². The molecule has 33 heavy (non-hydrogen) atoms. The third-order valence-electron chi connectivity index (χ3n) is 8.34. The third-order valence-corrected chi connectivity index (χ3v) is 8.60. The van der Waals surface area contributed by atoms with E-state index in [0.29, 0.717) is 0 Å². The summed E-state index contributed by atoms with van der Waals surface area (Å²) in [5.74, 6) is 2.57. The minimum Gasteiger partial charge on any atom is -0.390 e. The average molecular weight is 467 g/mol. The fourth-order valence-electron chi connectivity index (χ4n) is 6.22. The zero-order valence-electron chi connectivity index (χ0n) is 19.8. The number of hydrogen-bond donors (Lipinski definition) is 1. The van der Waals surface area contributed by atoms with Gasteiger partial charge in [0.25, 0.3) is 0 Å². The lowest BCUT2D eigenvalue weighted by Crippen LogP contribution is -2.46. The second-order valence-electron chi connectivity index (χ2n) is 10.9. The second-order valence-corrected chi connectivity index (χ2v) is 11.4. The van der Waals surface area contributed by atoms with Gasteiger partial charge >= 0.3 is 0 Å². The Kier molecular flexibility index (Phi) is 7.42. The van der Waals surface area contributed by atoms with Gasteiger partial charge < -0.3 is 10.0 Å². The molecular weight excluding hydrogens is 428 g/mol. The van der Waals surface area contributed by atoms with E-state index in [0.717, 1.165) is 74.5 Å². The van der Waals surface area contributed by atoms with Crippen LogP contribution in [0.1, 0.15) is 49.7 Å². The number of aliphatic hydroxyl groups is 1. The van der Waals surface area contributed by atoms with E-state index in [2.05, 4.69) is 52.3 Å². The van der Waals surface area contributed by atoms with Crippen molar-refractivity contribution in [3.8, 4) is 0 Å². The Balaban J connectivity index is 1.09. The Bertz CT molecular complexity index is 874. The SMILES string of the molecule is OC1(CCCc2ccccc2)CCN(CC2CN(Cc3ccc(Cl)cc3)CC2C2CC2)CC1. The van der Waals surface area contributed by atoms with E-state index in [4.69, 9.17) is 11.6 Å². The Labute approximate surface area is 204 Å². The number of likely N-dealkylation sites (tertiary alicyclic amines) is 2. The van der Waals surface area contributed by atoms with Gasteiger partial charge in [-0.15, -0.1) is 0 Å². The molecular formula is C29H39ClN2O. The van der Waals surface area contributed by atoms with Crippen LogP contribution in [0.25, 0.3) is 0 Å². The van der Waals surface area contributed by atoms with Crippen molar-refractivity contribution in [3.05, 3.63) is 70.7 Å². The Morgan fingerprint density at radius 1 is 0.879 bits per heavy atom. The summed E-state index contributed by atoms with van der Waals surface area (Å²) in [6.07, 6.45) is 7.79. The van der Waals surface area contributed by atoms with Crippen LogP contribution in [0.15, 0.2) is 54.6 Å². The first-order valence-corrected chi connectivity index (χ1v) is 13.4. The number of hydrogen-bond acceptors (Lipinski definition) is 3. The third kappa shape index (κ3) is 6.39. The molecule has 3 nitrogen and oxygen atoms in total. The Morgan fingerprint density at radius 3 is 2.30 bits per heavy atom. The van der Waals surface area contributed by atoms with Gasteiger partial charge in [-0.05, 0) is 86.0 Å². The van der Waals surface area contributed by atoms with Crippen molar-refractivity contribution in [1.29, 1.82) is 0 Å². The number of aryl methyl sites for hydroxylation is 1. The molecule has 5 rings (SSSR count). The molecule has 3 fully saturated rings. The largest absolute Gasteiger partial charge is 0.390 e. The standard InChI is InChI=1S/C29H39ClN2O/c30-27-12-8-24(9-13-27)19-32-21-26(28(22-32)25-10-11-25)20-31-17-15-29(33,16-18-31)14-4-7-23-5-2-1-3-6-23/h1-3,5-6,8-9,12-13,25-26,28,33H,4,7,10-11,14-22H2. The van der Waals surface area contributed by atoms with Crippen molar-refractivity contribution in [2.75, 3.05) is 32.7 Å². The topological polar surface area (TPSA) is 26.7 Å². The Hall–Kier alpha value is -1.39. The van der Waals surface area contributed by atoms with Crippen molar-refractivity contribution < 1.29 is 5.11 Å². The molecule has 0 spiro atoms. The maximum atomic E-state index is 11.2. The summed E-state index contributed by atoms with van der Waals surface area (Å²) in [6.45, 7) is 6.80. The van der Waals surface area contributed by atoms with Crippen molar-refractivity contribution in [1.82, 2.24) is 9.80 Å². The van der Waals surface area contributed by atoms with Crippen LogP contribution >= 0.6 is 11.6 Å².